The SMILES string of the molecule is CC(C)(C)OC(=O)N1Cc2cc(N)ccc2CS1(=O)=O.CC(C)(C)OC(=O)N1Cc2cc([N+](=O)[O-])ccc2CS1(=O)=O. The minimum atomic E-state index is -3.85. The first-order valence-electron chi connectivity index (χ1n) is 12.7. The van der Waals surface area contributed by atoms with E-state index in [0.717, 1.165) is 9.87 Å². The maximum Gasteiger partial charge on any atom is 0.424 e. The Morgan fingerprint density at radius 1 is 0.762 bits per heavy atom. The second kappa shape index (κ2) is 11.4. The Hall–Kier alpha value is -3.92. The zero-order chi connectivity index (χ0) is 31.8. The summed E-state index contributed by atoms with van der Waals surface area (Å²) in [5, 5.41) is 10.8. The van der Waals surface area contributed by atoms with Gasteiger partial charge in [0.25, 0.3) is 5.69 Å². The molecule has 0 unspecified atom stereocenters. The molecule has 4 rings (SSSR count). The van der Waals surface area contributed by atoms with Crippen LogP contribution in [0, 0.1) is 10.1 Å². The number of anilines is 1. The van der Waals surface area contributed by atoms with Crippen LogP contribution in [-0.4, -0.2) is 53.8 Å². The van der Waals surface area contributed by atoms with E-state index in [-0.39, 0.29) is 30.3 Å². The number of sulfonamides is 2. The van der Waals surface area contributed by atoms with Crippen molar-refractivity contribution in [3.8, 4) is 0 Å². The summed E-state index contributed by atoms with van der Waals surface area (Å²) in [5.41, 5.74) is 6.76. The number of carbonyl (C=O) groups is 2. The lowest BCUT2D eigenvalue weighted by molar-refractivity contribution is -0.384. The lowest BCUT2D eigenvalue weighted by atomic mass is 10.1. The Bertz CT molecular complexity index is 1630. The first-order valence-corrected chi connectivity index (χ1v) is 15.9. The fraction of sp³-hybridized carbons (Fsp3) is 0.462. The number of hydrogen-bond donors (Lipinski definition) is 1. The molecule has 16 heteroatoms. The van der Waals surface area contributed by atoms with Crippen LogP contribution in [0.2, 0.25) is 0 Å². The fourth-order valence-corrected chi connectivity index (χ4v) is 6.85. The topological polar surface area (TPSA) is 197 Å². The highest BCUT2D eigenvalue weighted by Crippen LogP contribution is 2.30. The second-order valence-electron chi connectivity index (χ2n) is 11.7. The number of hydrogen-bond acceptors (Lipinski definition) is 11. The van der Waals surface area contributed by atoms with Crippen LogP contribution < -0.4 is 5.73 Å². The highest BCUT2D eigenvalue weighted by atomic mass is 32.2. The normalized spacial score (nSPS) is 17.1. The molecule has 0 saturated carbocycles. The summed E-state index contributed by atoms with van der Waals surface area (Å²) in [4.78, 5) is 34.3. The first kappa shape index (κ1) is 32.6. The van der Waals surface area contributed by atoms with Crippen LogP contribution in [0.15, 0.2) is 36.4 Å². The van der Waals surface area contributed by atoms with Crippen LogP contribution in [0.3, 0.4) is 0 Å². The van der Waals surface area contributed by atoms with E-state index in [1.165, 1.54) is 18.2 Å². The van der Waals surface area contributed by atoms with E-state index in [1.54, 1.807) is 59.7 Å². The molecule has 2 aliphatic heterocycles. The Balaban J connectivity index is 0.000000231. The largest absolute Gasteiger partial charge is 0.443 e. The monoisotopic (exact) mass is 626 g/mol. The number of carbonyl (C=O) groups excluding carboxylic acids is 2. The predicted octanol–water partition coefficient (Wildman–Crippen LogP) is 4.02. The van der Waals surface area contributed by atoms with Gasteiger partial charge in [-0.15, -0.1) is 0 Å². The van der Waals surface area contributed by atoms with Gasteiger partial charge < -0.3 is 15.2 Å². The number of ether oxygens (including phenoxy) is 2. The number of nitro groups is 1. The molecule has 0 radical (unpaired) electrons. The van der Waals surface area contributed by atoms with Gasteiger partial charge >= 0.3 is 12.2 Å². The number of nitro benzene ring substituents is 1. The molecule has 14 nitrogen and oxygen atoms in total. The van der Waals surface area contributed by atoms with E-state index in [0.29, 0.717) is 26.7 Å². The third-order valence-electron chi connectivity index (χ3n) is 5.80. The number of nitrogens with zero attached hydrogens (tertiary/aromatic N) is 3. The molecular formula is C26H34N4O10S2. The average molecular weight is 627 g/mol. The van der Waals surface area contributed by atoms with Gasteiger partial charge in [-0.05, 0) is 75.9 Å². The smallest absolute Gasteiger partial charge is 0.424 e. The minimum Gasteiger partial charge on any atom is -0.443 e. The number of nitrogen functional groups attached to an aromatic ring is 1. The van der Waals surface area contributed by atoms with Crippen molar-refractivity contribution in [3.05, 3.63) is 68.8 Å². The highest BCUT2D eigenvalue weighted by Gasteiger charge is 2.38. The van der Waals surface area contributed by atoms with Crippen molar-refractivity contribution in [3.63, 3.8) is 0 Å². The molecule has 0 bridgehead atoms. The molecule has 0 atom stereocenters. The summed E-state index contributed by atoms with van der Waals surface area (Å²) in [6.45, 7) is 9.63. The van der Waals surface area contributed by atoms with Gasteiger partial charge in [-0.3, -0.25) is 10.1 Å². The number of fused-ring (bicyclic) bond motifs is 2. The zero-order valence-electron chi connectivity index (χ0n) is 24.1. The highest BCUT2D eigenvalue weighted by molar-refractivity contribution is 7.89. The van der Waals surface area contributed by atoms with Gasteiger partial charge in [0.1, 0.15) is 11.2 Å². The van der Waals surface area contributed by atoms with E-state index < -0.39 is 48.4 Å². The fourth-order valence-electron chi connectivity index (χ4n) is 3.98. The molecule has 2 aromatic carbocycles. The summed E-state index contributed by atoms with van der Waals surface area (Å²) in [6.07, 6.45) is -1.84. The van der Waals surface area contributed by atoms with E-state index in [9.17, 15) is 36.5 Å². The van der Waals surface area contributed by atoms with Crippen LogP contribution >= 0.6 is 0 Å². The summed E-state index contributed by atoms with van der Waals surface area (Å²) in [7, 11) is -7.56. The van der Waals surface area contributed by atoms with Crippen molar-refractivity contribution in [2.24, 2.45) is 0 Å². The molecule has 42 heavy (non-hydrogen) atoms. The summed E-state index contributed by atoms with van der Waals surface area (Å²) in [6, 6.07) is 8.93. The molecular weight excluding hydrogens is 592 g/mol. The Morgan fingerprint density at radius 2 is 1.17 bits per heavy atom. The standard InChI is InChI=1S/C13H16N2O6S.C13H18N2O4S/c1-13(2,3)21-12(16)14-7-10-6-11(15(17)18)5-4-9(10)8-22(14,19)20;1-13(2,3)19-12(16)15-7-10-6-11(14)5-4-9(10)8-20(15,17)18/h4-6H,7-8H2,1-3H3;4-6H,7-8,14H2,1-3H3. The van der Waals surface area contributed by atoms with E-state index in [1.807, 2.05) is 0 Å². The number of non-ortho nitro benzene ring substituents is 1. The first-order chi connectivity index (χ1) is 19.1. The van der Waals surface area contributed by atoms with Crippen LogP contribution in [-0.2, 0) is 54.1 Å². The third kappa shape index (κ3) is 8.09. The Labute approximate surface area is 244 Å². The molecule has 0 aromatic heterocycles. The molecule has 0 aliphatic carbocycles. The average Bonchev–Trinajstić information content (AvgIpc) is 2.80. The quantitative estimate of drug-likeness (QED) is 0.272. The molecule has 0 saturated heterocycles. The van der Waals surface area contributed by atoms with Gasteiger partial charge in [0, 0.05) is 17.8 Å². The van der Waals surface area contributed by atoms with Gasteiger partial charge in [-0.25, -0.2) is 26.4 Å². The van der Waals surface area contributed by atoms with Crippen molar-refractivity contribution in [2.45, 2.75) is 77.3 Å². The lowest BCUT2D eigenvalue weighted by Crippen LogP contribution is -2.43. The number of rotatable bonds is 1. The zero-order valence-corrected chi connectivity index (χ0v) is 25.7. The summed E-state index contributed by atoms with van der Waals surface area (Å²) in [5.74, 6) is -0.610. The summed E-state index contributed by atoms with van der Waals surface area (Å²) < 4.78 is 60.3. The van der Waals surface area contributed by atoms with Gasteiger partial charge in [0.15, 0.2) is 0 Å². The number of amides is 2. The Morgan fingerprint density at radius 3 is 1.57 bits per heavy atom. The summed E-state index contributed by atoms with van der Waals surface area (Å²) >= 11 is 0. The van der Waals surface area contributed by atoms with E-state index in [4.69, 9.17) is 15.2 Å². The minimum absolute atomic E-state index is 0.0440. The van der Waals surface area contributed by atoms with Crippen LogP contribution in [0.1, 0.15) is 63.8 Å². The molecule has 0 fully saturated rings. The molecule has 2 N–H and O–H groups in total. The van der Waals surface area contributed by atoms with Crippen LogP contribution in [0.5, 0.6) is 0 Å². The molecule has 2 amide bonds. The van der Waals surface area contributed by atoms with Gasteiger partial charge in [-0.1, -0.05) is 12.1 Å². The third-order valence-corrected chi connectivity index (χ3v) is 9.05. The number of nitrogens with two attached hydrogens (primary N) is 1. The molecule has 2 aliphatic rings. The van der Waals surface area contributed by atoms with E-state index in [2.05, 4.69) is 0 Å². The van der Waals surface area contributed by atoms with Crippen molar-refractivity contribution < 1.29 is 40.8 Å². The van der Waals surface area contributed by atoms with Gasteiger partial charge in [-0.2, -0.15) is 8.61 Å². The van der Waals surface area contributed by atoms with Crippen molar-refractivity contribution >= 4 is 43.6 Å². The van der Waals surface area contributed by atoms with Crippen molar-refractivity contribution in [2.75, 3.05) is 5.73 Å². The molecule has 2 heterocycles. The lowest BCUT2D eigenvalue weighted by Gasteiger charge is -2.30. The van der Waals surface area contributed by atoms with Crippen molar-refractivity contribution in [1.29, 1.82) is 0 Å². The number of benzene rings is 2. The van der Waals surface area contributed by atoms with Gasteiger partial charge in [0.05, 0.1) is 29.5 Å². The predicted molar refractivity (Wildman–Crippen MR) is 153 cm³/mol. The second-order valence-corrected chi connectivity index (χ2v) is 15.5. The maximum absolute atomic E-state index is 12.2. The molecule has 0 spiro atoms. The maximum atomic E-state index is 12.2. The molecule has 230 valence electrons. The Kier molecular flexibility index (Phi) is 8.84. The van der Waals surface area contributed by atoms with Gasteiger partial charge in [0.2, 0.25) is 20.0 Å². The molecule has 2 aromatic rings. The van der Waals surface area contributed by atoms with Crippen molar-refractivity contribution in [1.82, 2.24) is 8.61 Å². The van der Waals surface area contributed by atoms with E-state index >= 15 is 0 Å². The van der Waals surface area contributed by atoms with Crippen LogP contribution in [0.4, 0.5) is 21.0 Å². The van der Waals surface area contributed by atoms with Crippen LogP contribution in [0.25, 0.3) is 0 Å².